The average Bonchev–Trinajstić information content (AvgIpc) is 2.43. The Balaban J connectivity index is 2.16. The fourth-order valence-corrected chi connectivity index (χ4v) is 2.80. The summed E-state index contributed by atoms with van der Waals surface area (Å²) in [5, 5.41) is 2.75. The second-order valence-corrected chi connectivity index (χ2v) is 6.21. The van der Waals surface area contributed by atoms with Gasteiger partial charge in [0.2, 0.25) is 5.91 Å². The predicted octanol–water partition coefficient (Wildman–Crippen LogP) is 2.61. The highest BCUT2D eigenvalue weighted by Crippen LogP contribution is 2.50. The molecule has 2 unspecified atom stereocenters. The van der Waals surface area contributed by atoms with Gasteiger partial charge in [0.05, 0.1) is 6.10 Å². The van der Waals surface area contributed by atoms with E-state index in [0.29, 0.717) is 24.3 Å². The molecule has 2 atom stereocenters. The molecule has 21 heavy (non-hydrogen) atoms. The Morgan fingerprint density at radius 2 is 2.19 bits per heavy atom. The molecule has 0 aliphatic heterocycles. The maximum atomic E-state index is 13.5. The molecule has 0 heterocycles. The summed E-state index contributed by atoms with van der Waals surface area (Å²) < 4.78 is 19.1. The van der Waals surface area contributed by atoms with Crippen molar-refractivity contribution in [2.45, 2.75) is 45.8 Å². The summed E-state index contributed by atoms with van der Waals surface area (Å²) in [7, 11) is 0. The minimum absolute atomic E-state index is 0.0353. The molecule has 1 aromatic carbocycles. The van der Waals surface area contributed by atoms with Crippen molar-refractivity contribution in [3.63, 3.8) is 0 Å². The van der Waals surface area contributed by atoms with Gasteiger partial charge in [-0.2, -0.15) is 0 Å². The molecule has 1 saturated carbocycles. The largest absolute Gasteiger partial charge is 0.378 e. The minimum atomic E-state index is -1.01. The average molecular weight is 294 g/mol. The molecular formula is C16H23FN2O2. The zero-order chi connectivity index (χ0) is 15.8. The van der Waals surface area contributed by atoms with E-state index in [1.807, 2.05) is 20.8 Å². The standard InChI is InChI=1S/C16H23FN2O2/c1-5-21-13-9-16(18,15(13,3)4)14(20)19-12-8-6-7-11(17)10(12)2/h6-8,13H,5,9,18H2,1-4H3,(H,19,20). The fraction of sp³-hybridized carbons (Fsp3) is 0.562. The van der Waals surface area contributed by atoms with E-state index >= 15 is 0 Å². The number of halogens is 1. The number of amides is 1. The molecule has 1 fully saturated rings. The normalized spacial score (nSPS) is 27.0. The van der Waals surface area contributed by atoms with E-state index in [-0.39, 0.29) is 17.8 Å². The van der Waals surface area contributed by atoms with Gasteiger partial charge >= 0.3 is 0 Å². The van der Waals surface area contributed by atoms with E-state index in [9.17, 15) is 9.18 Å². The van der Waals surface area contributed by atoms with Crippen LogP contribution in [0.2, 0.25) is 0 Å². The van der Waals surface area contributed by atoms with Gasteiger partial charge in [-0.05, 0) is 26.0 Å². The lowest BCUT2D eigenvalue weighted by molar-refractivity contribution is -0.166. The maximum absolute atomic E-state index is 13.5. The SMILES string of the molecule is CCOC1CC(N)(C(=O)Nc2cccc(F)c2C)C1(C)C. The minimum Gasteiger partial charge on any atom is -0.378 e. The summed E-state index contributed by atoms with van der Waals surface area (Å²) in [5.41, 5.74) is 5.69. The third-order valence-electron chi connectivity index (χ3n) is 4.75. The molecule has 0 saturated heterocycles. The summed E-state index contributed by atoms with van der Waals surface area (Å²) >= 11 is 0. The van der Waals surface area contributed by atoms with E-state index in [4.69, 9.17) is 10.5 Å². The molecule has 1 amide bonds. The molecule has 1 aliphatic rings. The molecule has 116 valence electrons. The van der Waals surface area contributed by atoms with Crippen molar-refractivity contribution in [1.82, 2.24) is 0 Å². The molecule has 2 rings (SSSR count). The first-order valence-corrected chi connectivity index (χ1v) is 7.21. The molecule has 3 N–H and O–H groups in total. The van der Waals surface area contributed by atoms with Gasteiger partial charge in [-0.3, -0.25) is 4.79 Å². The Labute approximate surface area is 124 Å². The van der Waals surface area contributed by atoms with Crippen molar-refractivity contribution in [3.05, 3.63) is 29.6 Å². The Kier molecular flexibility index (Phi) is 4.08. The number of benzene rings is 1. The maximum Gasteiger partial charge on any atom is 0.245 e. The van der Waals surface area contributed by atoms with Gasteiger partial charge in [-0.25, -0.2) is 4.39 Å². The lowest BCUT2D eigenvalue weighted by Crippen LogP contribution is -2.74. The summed E-state index contributed by atoms with van der Waals surface area (Å²) in [6.07, 6.45) is 0.431. The van der Waals surface area contributed by atoms with E-state index in [0.717, 1.165) is 0 Å². The molecular weight excluding hydrogens is 271 g/mol. The highest BCUT2D eigenvalue weighted by molar-refractivity contribution is 6.00. The van der Waals surface area contributed by atoms with Crippen molar-refractivity contribution in [2.75, 3.05) is 11.9 Å². The van der Waals surface area contributed by atoms with Crippen LogP contribution in [0.4, 0.5) is 10.1 Å². The van der Waals surface area contributed by atoms with Gasteiger partial charge in [-0.15, -0.1) is 0 Å². The van der Waals surface area contributed by atoms with Crippen LogP contribution in [-0.4, -0.2) is 24.2 Å². The monoisotopic (exact) mass is 294 g/mol. The van der Waals surface area contributed by atoms with Crippen LogP contribution in [0, 0.1) is 18.2 Å². The number of hydrogen-bond acceptors (Lipinski definition) is 3. The van der Waals surface area contributed by atoms with Crippen LogP contribution < -0.4 is 11.1 Å². The third kappa shape index (κ3) is 2.45. The second-order valence-electron chi connectivity index (χ2n) is 6.21. The predicted molar refractivity (Wildman–Crippen MR) is 80.5 cm³/mol. The summed E-state index contributed by atoms with van der Waals surface area (Å²) in [5.74, 6) is -0.643. The van der Waals surface area contributed by atoms with E-state index in [1.54, 1.807) is 19.1 Å². The first kappa shape index (κ1) is 15.9. The zero-order valence-corrected chi connectivity index (χ0v) is 13.0. The van der Waals surface area contributed by atoms with E-state index < -0.39 is 11.0 Å². The Morgan fingerprint density at radius 1 is 1.52 bits per heavy atom. The van der Waals surface area contributed by atoms with Crippen molar-refractivity contribution in [3.8, 4) is 0 Å². The molecule has 5 heteroatoms. The lowest BCUT2D eigenvalue weighted by atomic mass is 9.54. The van der Waals surface area contributed by atoms with Gasteiger partial charge in [0.25, 0.3) is 0 Å². The van der Waals surface area contributed by atoms with E-state index in [2.05, 4.69) is 5.32 Å². The first-order valence-electron chi connectivity index (χ1n) is 7.21. The molecule has 1 aromatic rings. The Morgan fingerprint density at radius 3 is 2.76 bits per heavy atom. The van der Waals surface area contributed by atoms with Crippen LogP contribution in [0.3, 0.4) is 0 Å². The van der Waals surface area contributed by atoms with Crippen LogP contribution in [0.5, 0.6) is 0 Å². The summed E-state index contributed by atoms with van der Waals surface area (Å²) in [6, 6.07) is 4.60. The number of hydrogen-bond donors (Lipinski definition) is 2. The number of nitrogens with two attached hydrogens (primary N) is 1. The van der Waals surface area contributed by atoms with Crippen LogP contribution >= 0.6 is 0 Å². The second kappa shape index (κ2) is 5.39. The van der Waals surface area contributed by atoms with Crippen molar-refractivity contribution in [2.24, 2.45) is 11.1 Å². The highest BCUT2D eigenvalue weighted by Gasteiger charge is 2.62. The van der Waals surface area contributed by atoms with Gasteiger partial charge in [0, 0.05) is 29.7 Å². The van der Waals surface area contributed by atoms with Gasteiger partial charge in [0.15, 0.2) is 0 Å². The number of carbonyl (C=O) groups is 1. The topological polar surface area (TPSA) is 64.3 Å². The smallest absolute Gasteiger partial charge is 0.245 e. The van der Waals surface area contributed by atoms with Crippen molar-refractivity contribution in [1.29, 1.82) is 0 Å². The number of nitrogens with one attached hydrogen (secondary N) is 1. The van der Waals surface area contributed by atoms with Crippen molar-refractivity contribution >= 4 is 11.6 Å². The molecule has 0 radical (unpaired) electrons. The molecule has 4 nitrogen and oxygen atoms in total. The zero-order valence-electron chi connectivity index (χ0n) is 13.0. The van der Waals surface area contributed by atoms with E-state index in [1.165, 1.54) is 6.07 Å². The Bertz CT molecular complexity index is 559. The van der Waals surface area contributed by atoms with Crippen LogP contribution in [0.25, 0.3) is 0 Å². The lowest BCUT2D eigenvalue weighted by Gasteiger charge is -2.57. The summed E-state index contributed by atoms with van der Waals surface area (Å²) in [4.78, 5) is 12.5. The fourth-order valence-electron chi connectivity index (χ4n) is 2.80. The van der Waals surface area contributed by atoms with Gasteiger partial charge in [-0.1, -0.05) is 19.9 Å². The molecule has 0 spiro atoms. The number of anilines is 1. The summed E-state index contributed by atoms with van der Waals surface area (Å²) in [6.45, 7) is 7.99. The quantitative estimate of drug-likeness (QED) is 0.897. The number of rotatable bonds is 4. The highest BCUT2D eigenvalue weighted by atomic mass is 19.1. The van der Waals surface area contributed by atoms with Crippen LogP contribution in [0.15, 0.2) is 18.2 Å². The number of ether oxygens (including phenoxy) is 1. The molecule has 1 aliphatic carbocycles. The molecule has 0 bridgehead atoms. The first-order chi connectivity index (χ1) is 9.74. The van der Waals surface area contributed by atoms with Crippen molar-refractivity contribution < 1.29 is 13.9 Å². The Hall–Kier alpha value is -1.46. The number of carbonyl (C=O) groups excluding carboxylic acids is 1. The van der Waals surface area contributed by atoms with Crippen LogP contribution in [0.1, 0.15) is 32.8 Å². The van der Waals surface area contributed by atoms with Crippen LogP contribution in [-0.2, 0) is 9.53 Å². The van der Waals surface area contributed by atoms with Gasteiger partial charge in [0.1, 0.15) is 11.4 Å². The van der Waals surface area contributed by atoms with Gasteiger partial charge < -0.3 is 15.8 Å². The molecule has 0 aromatic heterocycles. The third-order valence-corrected chi connectivity index (χ3v) is 4.75.